The van der Waals surface area contributed by atoms with Gasteiger partial charge in [-0.25, -0.2) is 0 Å². The van der Waals surface area contributed by atoms with Crippen molar-refractivity contribution in [3.8, 4) is 0 Å². The maximum Gasteiger partial charge on any atom is 0.105 e. The van der Waals surface area contributed by atoms with Crippen molar-refractivity contribution in [3.63, 3.8) is 0 Å². The van der Waals surface area contributed by atoms with Crippen LogP contribution in [0.15, 0.2) is 22.8 Å². The molecule has 0 saturated carbocycles. The SMILES string of the molecule is CC(Cc1ccco1)NC1CCOC2(CCOCC2)C1. The molecule has 4 heteroatoms. The summed E-state index contributed by atoms with van der Waals surface area (Å²) < 4.78 is 17.0. The molecule has 3 heterocycles. The number of nitrogens with one attached hydrogen (secondary N) is 1. The molecule has 1 aromatic heterocycles. The van der Waals surface area contributed by atoms with Gasteiger partial charge in [-0.2, -0.15) is 0 Å². The highest BCUT2D eigenvalue weighted by Crippen LogP contribution is 2.34. The first kappa shape index (κ1) is 14.1. The molecule has 1 aromatic rings. The minimum Gasteiger partial charge on any atom is -0.469 e. The zero-order chi connectivity index (χ0) is 13.8. The Balaban J connectivity index is 1.51. The molecule has 0 aliphatic carbocycles. The fourth-order valence-electron chi connectivity index (χ4n) is 3.45. The fraction of sp³-hybridized carbons (Fsp3) is 0.750. The smallest absolute Gasteiger partial charge is 0.105 e. The number of hydrogen-bond acceptors (Lipinski definition) is 4. The molecule has 2 fully saturated rings. The van der Waals surface area contributed by atoms with Gasteiger partial charge >= 0.3 is 0 Å². The summed E-state index contributed by atoms with van der Waals surface area (Å²) in [5.74, 6) is 1.05. The van der Waals surface area contributed by atoms with Crippen LogP contribution in [0.1, 0.15) is 38.4 Å². The lowest BCUT2D eigenvalue weighted by Crippen LogP contribution is -2.51. The first-order valence-electron chi connectivity index (χ1n) is 7.76. The molecule has 2 aliphatic heterocycles. The third-order valence-electron chi connectivity index (χ3n) is 4.50. The first-order chi connectivity index (χ1) is 9.76. The van der Waals surface area contributed by atoms with Gasteiger partial charge in [0.05, 0.1) is 11.9 Å². The summed E-state index contributed by atoms with van der Waals surface area (Å²) in [7, 11) is 0. The van der Waals surface area contributed by atoms with Gasteiger partial charge in [0.1, 0.15) is 5.76 Å². The van der Waals surface area contributed by atoms with Crippen molar-refractivity contribution in [2.24, 2.45) is 0 Å². The molecule has 0 aromatic carbocycles. The third kappa shape index (κ3) is 3.43. The molecular weight excluding hydrogens is 254 g/mol. The number of hydrogen-bond donors (Lipinski definition) is 1. The van der Waals surface area contributed by atoms with Crippen LogP contribution in [0.4, 0.5) is 0 Å². The quantitative estimate of drug-likeness (QED) is 0.920. The van der Waals surface area contributed by atoms with Gasteiger partial charge in [0.25, 0.3) is 0 Å². The third-order valence-corrected chi connectivity index (χ3v) is 4.50. The molecule has 2 aliphatic rings. The topological polar surface area (TPSA) is 43.6 Å². The molecule has 2 saturated heterocycles. The first-order valence-corrected chi connectivity index (χ1v) is 7.76. The highest BCUT2D eigenvalue weighted by molar-refractivity contribution is 5.00. The molecule has 2 unspecified atom stereocenters. The van der Waals surface area contributed by atoms with Crippen LogP contribution in [0.3, 0.4) is 0 Å². The highest BCUT2D eigenvalue weighted by atomic mass is 16.5. The lowest BCUT2D eigenvalue weighted by molar-refractivity contribution is -0.140. The molecule has 3 rings (SSSR count). The summed E-state index contributed by atoms with van der Waals surface area (Å²) in [4.78, 5) is 0. The van der Waals surface area contributed by atoms with Crippen LogP contribution in [0.25, 0.3) is 0 Å². The van der Waals surface area contributed by atoms with E-state index in [2.05, 4.69) is 12.2 Å². The van der Waals surface area contributed by atoms with E-state index >= 15 is 0 Å². The predicted molar refractivity (Wildman–Crippen MR) is 76.8 cm³/mol. The Labute approximate surface area is 120 Å². The summed E-state index contributed by atoms with van der Waals surface area (Å²) >= 11 is 0. The zero-order valence-electron chi connectivity index (χ0n) is 12.3. The molecule has 2 atom stereocenters. The molecule has 1 N–H and O–H groups in total. The van der Waals surface area contributed by atoms with Gasteiger partial charge < -0.3 is 19.2 Å². The van der Waals surface area contributed by atoms with Crippen LogP contribution >= 0.6 is 0 Å². The molecule has 0 amide bonds. The second-order valence-corrected chi connectivity index (χ2v) is 6.18. The fourth-order valence-corrected chi connectivity index (χ4v) is 3.45. The normalized spacial score (nSPS) is 27.6. The second-order valence-electron chi connectivity index (χ2n) is 6.18. The van der Waals surface area contributed by atoms with E-state index in [0.717, 1.165) is 57.7 Å². The molecule has 112 valence electrons. The summed E-state index contributed by atoms with van der Waals surface area (Å²) in [6.45, 7) is 4.78. The van der Waals surface area contributed by atoms with E-state index in [1.165, 1.54) is 0 Å². The van der Waals surface area contributed by atoms with Crippen molar-refractivity contribution < 1.29 is 13.9 Å². The van der Waals surface area contributed by atoms with Gasteiger partial charge in [-0.05, 0) is 44.7 Å². The predicted octanol–water partition coefficient (Wildman–Crippen LogP) is 2.53. The highest BCUT2D eigenvalue weighted by Gasteiger charge is 2.39. The van der Waals surface area contributed by atoms with Crippen molar-refractivity contribution in [3.05, 3.63) is 24.2 Å². The van der Waals surface area contributed by atoms with Crippen LogP contribution in [0.5, 0.6) is 0 Å². The lowest BCUT2D eigenvalue weighted by atomic mass is 9.84. The van der Waals surface area contributed by atoms with Crippen molar-refractivity contribution in [1.82, 2.24) is 5.32 Å². The molecular formula is C16H25NO3. The Morgan fingerprint density at radius 2 is 2.20 bits per heavy atom. The van der Waals surface area contributed by atoms with Gasteiger partial charge in [0.15, 0.2) is 0 Å². The van der Waals surface area contributed by atoms with Crippen LogP contribution in [-0.4, -0.2) is 37.5 Å². The van der Waals surface area contributed by atoms with Crippen molar-refractivity contribution in [2.75, 3.05) is 19.8 Å². The average molecular weight is 279 g/mol. The average Bonchev–Trinajstić information content (AvgIpc) is 2.92. The van der Waals surface area contributed by atoms with Crippen LogP contribution in [0, 0.1) is 0 Å². The molecule has 20 heavy (non-hydrogen) atoms. The van der Waals surface area contributed by atoms with E-state index in [1.807, 2.05) is 12.1 Å². The van der Waals surface area contributed by atoms with Crippen LogP contribution in [0.2, 0.25) is 0 Å². The lowest BCUT2D eigenvalue weighted by Gasteiger charge is -2.44. The Kier molecular flexibility index (Phi) is 4.44. The minimum absolute atomic E-state index is 0.0680. The van der Waals surface area contributed by atoms with E-state index in [9.17, 15) is 0 Å². The van der Waals surface area contributed by atoms with Crippen molar-refractivity contribution in [1.29, 1.82) is 0 Å². The Bertz CT molecular complexity index is 392. The van der Waals surface area contributed by atoms with Crippen molar-refractivity contribution >= 4 is 0 Å². The Hall–Kier alpha value is -0.840. The second kappa shape index (κ2) is 6.29. The van der Waals surface area contributed by atoms with Gasteiger partial charge in [0, 0.05) is 38.3 Å². The number of ether oxygens (including phenoxy) is 2. The van der Waals surface area contributed by atoms with Crippen LogP contribution in [-0.2, 0) is 15.9 Å². The summed E-state index contributed by atoms with van der Waals surface area (Å²) in [5, 5.41) is 3.75. The van der Waals surface area contributed by atoms with E-state index in [4.69, 9.17) is 13.9 Å². The van der Waals surface area contributed by atoms with E-state index < -0.39 is 0 Å². The Morgan fingerprint density at radius 1 is 1.35 bits per heavy atom. The summed E-state index contributed by atoms with van der Waals surface area (Å²) in [6.07, 6.45) is 6.98. The largest absolute Gasteiger partial charge is 0.469 e. The summed E-state index contributed by atoms with van der Waals surface area (Å²) in [5.41, 5.74) is 0.0680. The molecule has 1 spiro atoms. The Morgan fingerprint density at radius 3 is 2.95 bits per heavy atom. The maximum atomic E-state index is 6.09. The number of rotatable bonds is 4. The minimum atomic E-state index is 0.0680. The molecule has 4 nitrogen and oxygen atoms in total. The van der Waals surface area contributed by atoms with Gasteiger partial charge in [-0.1, -0.05) is 0 Å². The molecule has 0 radical (unpaired) electrons. The number of furan rings is 1. The monoisotopic (exact) mass is 279 g/mol. The van der Waals surface area contributed by atoms with Crippen LogP contribution < -0.4 is 5.32 Å². The van der Waals surface area contributed by atoms with E-state index in [-0.39, 0.29) is 5.60 Å². The maximum absolute atomic E-state index is 6.09. The summed E-state index contributed by atoms with van der Waals surface area (Å²) in [6, 6.07) is 4.98. The van der Waals surface area contributed by atoms with Gasteiger partial charge in [0.2, 0.25) is 0 Å². The van der Waals surface area contributed by atoms with Gasteiger partial charge in [-0.3, -0.25) is 0 Å². The zero-order valence-corrected chi connectivity index (χ0v) is 12.3. The molecule has 0 bridgehead atoms. The van der Waals surface area contributed by atoms with Gasteiger partial charge in [-0.15, -0.1) is 0 Å². The standard InChI is InChI=1S/C16H25NO3/c1-13(11-15-3-2-7-19-15)17-14-4-8-20-16(12-14)5-9-18-10-6-16/h2-3,7,13-14,17H,4-6,8-12H2,1H3. The van der Waals surface area contributed by atoms with E-state index in [0.29, 0.717) is 12.1 Å². The van der Waals surface area contributed by atoms with Crippen molar-refractivity contribution in [2.45, 2.75) is 56.7 Å². The van der Waals surface area contributed by atoms with E-state index in [1.54, 1.807) is 6.26 Å².